The summed E-state index contributed by atoms with van der Waals surface area (Å²) in [5.74, 6) is -0.148. The van der Waals surface area contributed by atoms with Gasteiger partial charge in [0.1, 0.15) is 5.54 Å². The van der Waals surface area contributed by atoms with Gasteiger partial charge in [0.15, 0.2) is 0 Å². The summed E-state index contributed by atoms with van der Waals surface area (Å²) in [5.41, 5.74) is -0.558. The monoisotopic (exact) mass is 286 g/mol. The predicted octanol–water partition coefficient (Wildman–Crippen LogP) is 1.42. The zero-order chi connectivity index (χ0) is 14.8. The Morgan fingerprint density at radius 2 is 2.15 bits per heavy atom. The Morgan fingerprint density at radius 1 is 1.35 bits per heavy atom. The van der Waals surface area contributed by atoms with Crippen LogP contribution in [0.2, 0.25) is 0 Å². The third-order valence-electron chi connectivity index (χ3n) is 3.99. The highest BCUT2D eigenvalue weighted by Gasteiger charge is 2.32. The van der Waals surface area contributed by atoms with E-state index < -0.39 is 5.54 Å². The first kappa shape index (κ1) is 17.4. The van der Waals surface area contributed by atoms with E-state index in [4.69, 9.17) is 9.47 Å². The van der Waals surface area contributed by atoms with Crippen LogP contribution in [0.1, 0.15) is 39.5 Å². The zero-order valence-corrected chi connectivity index (χ0v) is 13.2. The molecule has 5 heteroatoms. The molecule has 0 aromatic heterocycles. The summed E-state index contributed by atoms with van der Waals surface area (Å²) in [6.45, 7) is 9.17. The molecule has 0 amide bonds. The van der Waals surface area contributed by atoms with E-state index in [2.05, 4.69) is 10.2 Å². The molecule has 1 heterocycles. The van der Waals surface area contributed by atoms with E-state index in [9.17, 15) is 4.79 Å². The van der Waals surface area contributed by atoms with Crippen molar-refractivity contribution in [3.63, 3.8) is 0 Å². The summed E-state index contributed by atoms with van der Waals surface area (Å²) in [6.07, 6.45) is 4.06. The van der Waals surface area contributed by atoms with Gasteiger partial charge in [0.2, 0.25) is 0 Å². The Bertz CT molecular complexity index is 278. The molecule has 0 radical (unpaired) electrons. The van der Waals surface area contributed by atoms with Gasteiger partial charge in [-0.1, -0.05) is 0 Å². The number of ether oxygens (including phenoxy) is 2. The van der Waals surface area contributed by atoms with Crippen LogP contribution in [0.4, 0.5) is 0 Å². The topological polar surface area (TPSA) is 50.8 Å². The Morgan fingerprint density at radius 3 is 2.85 bits per heavy atom. The van der Waals surface area contributed by atoms with Gasteiger partial charge in [-0.3, -0.25) is 4.79 Å². The first-order chi connectivity index (χ1) is 9.62. The van der Waals surface area contributed by atoms with Gasteiger partial charge in [-0.05, 0) is 53.1 Å². The van der Waals surface area contributed by atoms with E-state index >= 15 is 0 Å². The molecule has 0 spiro atoms. The number of nitrogens with zero attached hydrogens (tertiary/aromatic N) is 1. The Hall–Kier alpha value is -0.650. The fourth-order valence-corrected chi connectivity index (χ4v) is 2.45. The van der Waals surface area contributed by atoms with Crippen LogP contribution in [0.15, 0.2) is 0 Å². The molecule has 0 aromatic rings. The van der Waals surface area contributed by atoms with Crippen LogP contribution in [0.5, 0.6) is 0 Å². The molecule has 0 bridgehead atoms. The summed E-state index contributed by atoms with van der Waals surface area (Å²) in [4.78, 5) is 14.4. The van der Waals surface area contributed by atoms with Crippen molar-refractivity contribution in [1.82, 2.24) is 10.2 Å². The second-order valence-electron chi connectivity index (χ2n) is 5.57. The maximum absolute atomic E-state index is 11.9. The summed E-state index contributed by atoms with van der Waals surface area (Å²) in [5, 5.41) is 3.10. The number of carbonyl (C=O) groups is 1. The van der Waals surface area contributed by atoms with Crippen molar-refractivity contribution < 1.29 is 14.3 Å². The molecule has 0 aliphatic carbocycles. The SMILES string of the molecule is CCOC(=O)C(C)(CCCCN1CCCOCC1)NC. The van der Waals surface area contributed by atoms with Crippen molar-refractivity contribution in [2.24, 2.45) is 0 Å². The molecular weight excluding hydrogens is 256 g/mol. The summed E-state index contributed by atoms with van der Waals surface area (Å²) in [7, 11) is 1.82. The quantitative estimate of drug-likeness (QED) is 0.540. The minimum atomic E-state index is -0.558. The van der Waals surface area contributed by atoms with E-state index in [1.165, 1.54) is 0 Å². The minimum Gasteiger partial charge on any atom is -0.465 e. The lowest BCUT2D eigenvalue weighted by molar-refractivity contribution is -0.150. The molecule has 1 rings (SSSR count). The number of hydrogen-bond acceptors (Lipinski definition) is 5. The van der Waals surface area contributed by atoms with Crippen molar-refractivity contribution in [1.29, 1.82) is 0 Å². The number of unbranched alkanes of at least 4 members (excludes halogenated alkanes) is 1. The summed E-state index contributed by atoms with van der Waals surface area (Å²) in [6, 6.07) is 0. The molecule has 1 unspecified atom stereocenters. The average molecular weight is 286 g/mol. The largest absolute Gasteiger partial charge is 0.465 e. The number of rotatable bonds is 8. The van der Waals surface area contributed by atoms with Crippen molar-refractivity contribution in [3.05, 3.63) is 0 Å². The highest BCUT2D eigenvalue weighted by Crippen LogP contribution is 2.16. The second kappa shape index (κ2) is 9.32. The van der Waals surface area contributed by atoms with Gasteiger partial charge in [0.05, 0.1) is 13.2 Å². The van der Waals surface area contributed by atoms with Crippen LogP contribution in [0, 0.1) is 0 Å². The zero-order valence-electron chi connectivity index (χ0n) is 13.2. The molecule has 1 aliphatic rings. The molecule has 5 nitrogen and oxygen atoms in total. The maximum Gasteiger partial charge on any atom is 0.326 e. The molecule has 118 valence electrons. The first-order valence-electron chi connectivity index (χ1n) is 7.78. The van der Waals surface area contributed by atoms with Gasteiger partial charge >= 0.3 is 5.97 Å². The smallest absolute Gasteiger partial charge is 0.326 e. The molecule has 1 saturated heterocycles. The Balaban J connectivity index is 2.25. The third kappa shape index (κ3) is 5.77. The van der Waals surface area contributed by atoms with Gasteiger partial charge in [-0.15, -0.1) is 0 Å². The predicted molar refractivity (Wildman–Crippen MR) is 79.8 cm³/mol. The van der Waals surface area contributed by atoms with Gasteiger partial charge in [0, 0.05) is 19.7 Å². The standard InChI is InChI=1S/C15H30N2O3/c1-4-20-14(18)15(2,16-3)8-5-6-9-17-10-7-12-19-13-11-17/h16H,4-13H2,1-3H3. The Kier molecular flexibility index (Phi) is 8.11. The molecular formula is C15H30N2O3. The fourth-order valence-electron chi connectivity index (χ4n) is 2.45. The third-order valence-corrected chi connectivity index (χ3v) is 3.99. The van der Waals surface area contributed by atoms with Crippen LogP contribution in [0.25, 0.3) is 0 Å². The first-order valence-corrected chi connectivity index (χ1v) is 7.78. The number of carbonyl (C=O) groups excluding carboxylic acids is 1. The van der Waals surface area contributed by atoms with E-state index in [1.54, 1.807) is 0 Å². The molecule has 0 saturated carbocycles. The molecule has 1 aliphatic heterocycles. The van der Waals surface area contributed by atoms with E-state index in [0.717, 1.165) is 58.5 Å². The van der Waals surface area contributed by atoms with Crippen molar-refractivity contribution in [2.75, 3.05) is 46.5 Å². The van der Waals surface area contributed by atoms with Crippen molar-refractivity contribution in [2.45, 2.75) is 45.1 Å². The summed E-state index contributed by atoms with van der Waals surface area (Å²) < 4.78 is 10.6. The van der Waals surface area contributed by atoms with Crippen molar-refractivity contribution in [3.8, 4) is 0 Å². The van der Waals surface area contributed by atoms with Crippen LogP contribution in [0.3, 0.4) is 0 Å². The minimum absolute atomic E-state index is 0.148. The highest BCUT2D eigenvalue weighted by molar-refractivity contribution is 5.80. The highest BCUT2D eigenvalue weighted by atomic mass is 16.5. The van der Waals surface area contributed by atoms with E-state index in [0.29, 0.717) is 6.61 Å². The fraction of sp³-hybridized carbons (Fsp3) is 0.933. The van der Waals surface area contributed by atoms with Gasteiger partial charge in [-0.2, -0.15) is 0 Å². The van der Waals surface area contributed by atoms with Crippen LogP contribution >= 0.6 is 0 Å². The molecule has 0 aromatic carbocycles. The Labute approximate surface area is 123 Å². The number of nitrogens with one attached hydrogen (secondary N) is 1. The van der Waals surface area contributed by atoms with Gasteiger partial charge in [0.25, 0.3) is 0 Å². The van der Waals surface area contributed by atoms with Crippen molar-refractivity contribution >= 4 is 5.97 Å². The molecule has 1 fully saturated rings. The lowest BCUT2D eigenvalue weighted by Crippen LogP contribution is -2.48. The number of hydrogen-bond donors (Lipinski definition) is 1. The normalized spacial score (nSPS) is 20.1. The molecule has 20 heavy (non-hydrogen) atoms. The second-order valence-corrected chi connectivity index (χ2v) is 5.57. The molecule has 1 atom stereocenters. The van der Waals surface area contributed by atoms with Gasteiger partial charge < -0.3 is 19.7 Å². The maximum atomic E-state index is 11.9. The van der Waals surface area contributed by atoms with Gasteiger partial charge in [-0.25, -0.2) is 0 Å². The number of likely N-dealkylation sites (N-methyl/N-ethyl adjacent to an activating group) is 1. The molecule has 1 N–H and O–H groups in total. The van der Waals surface area contributed by atoms with Crippen LogP contribution in [-0.2, 0) is 14.3 Å². The summed E-state index contributed by atoms with van der Waals surface area (Å²) >= 11 is 0. The van der Waals surface area contributed by atoms with Crippen LogP contribution in [-0.4, -0.2) is 62.9 Å². The lowest BCUT2D eigenvalue weighted by atomic mass is 9.95. The van der Waals surface area contributed by atoms with E-state index in [1.807, 2.05) is 20.9 Å². The number of esters is 1. The van der Waals surface area contributed by atoms with Crippen LogP contribution < -0.4 is 5.32 Å². The lowest BCUT2D eigenvalue weighted by Gasteiger charge is -2.27. The average Bonchev–Trinajstić information content (AvgIpc) is 2.72. The van der Waals surface area contributed by atoms with E-state index in [-0.39, 0.29) is 5.97 Å².